The van der Waals surface area contributed by atoms with Gasteiger partial charge in [0.25, 0.3) is 0 Å². The molecular formula is C29H28N6OS. The number of morpholine rings is 1. The van der Waals surface area contributed by atoms with Gasteiger partial charge in [-0.2, -0.15) is 5.10 Å². The van der Waals surface area contributed by atoms with Gasteiger partial charge in [0.05, 0.1) is 35.1 Å². The number of fused-ring (bicyclic) bond motifs is 2. The van der Waals surface area contributed by atoms with Crippen LogP contribution in [-0.4, -0.2) is 46.5 Å². The van der Waals surface area contributed by atoms with Crippen molar-refractivity contribution < 1.29 is 4.74 Å². The Morgan fingerprint density at radius 2 is 1.92 bits per heavy atom. The molecule has 0 atom stereocenters. The zero-order valence-electron chi connectivity index (χ0n) is 20.5. The molecule has 4 heterocycles. The summed E-state index contributed by atoms with van der Waals surface area (Å²) in [6.45, 7) is 11.4. The van der Waals surface area contributed by atoms with Crippen LogP contribution < -0.4 is 10.2 Å². The quantitative estimate of drug-likeness (QED) is 0.271. The summed E-state index contributed by atoms with van der Waals surface area (Å²) in [7, 11) is 0. The molecule has 8 heteroatoms. The standard InChI is InChI=1S/C29H28N6OS/c1-3-19(2)30-17-21-9-7-20(8-10-21)15-22-16-26-27(37-22)29(35-11-13-36-14-12-35)33-28(32-26)23-5-4-6-25-24(23)18-31-34-25/h3-10,16,18,30H,1-2,11-15,17H2,(H,31,34). The number of rotatable bonds is 8. The van der Waals surface area contributed by atoms with E-state index in [1.54, 1.807) is 17.4 Å². The summed E-state index contributed by atoms with van der Waals surface area (Å²) in [5.74, 6) is 1.72. The van der Waals surface area contributed by atoms with E-state index in [1.807, 2.05) is 18.3 Å². The van der Waals surface area contributed by atoms with Crippen LogP contribution in [-0.2, 0) is 17.7 Å². The molecular weight excluding hydrogens is 480 g/mol. The highest BCUT2D eigenvalue weighted by molar-refractivity contribution is 7.19. The minimum absolute atomic E-state index is 0.706. The second-order valence-corrected chi connectivity index (χ2v) is 10.2. The summed E-state index contributed by atoms with van der Waals surface area (Å²) in [5.41, 5.74) is 6.25. The lowest BCUT2D eigenvalue weighted by Gasteiger charge is -2.28. The number of allylic oxidation sites excluding steroid dienone is 1. The van der Waals surface area contributed by atoms with Crippen molar-refractivity contribution in [2.45, 2.75) is 13.0 Å². The third kappa shape index (κ3) is 4.85. The average molecular weight is 509 g/mol. The fraction of sp³-hybridized carbons (Fsp3) is 0.207. The second-order valence-electron chi connectivity index (χ2n) is 9.11. The van der Waals surface area contributed by atoms with Crippen molar-refractivity contribution in [3.05, 3.63) is 95.7 Å². The number of hydrogen-bond donors (Lipinski definition) is 2. The van der Waals surface area contributed by atoms with E-state index in [0.29, 0.717) is 13.2 Å². The summed E-state index contributed by atoms with van der Waals surface area (Å²) in [4.78, 5) is 13.7. The highest BCUT2D eigenvalue weighted by Crippen LogP contribution is 2.36. The molecule has 1 saturated heterocycles. The van der Waals surface area contributed by atoms with Gasteiger partial charge in [-0.25, -0.2) is 9.97 Å². The smallest absolute Gasteiger partial charge is 0.162 e. The predicted molar refractivity (Wildman–Crippen MR) is 151 cm³/mol. The molecule has 186 valence electrons. The number of aromatic amines is 1. The number of ether oxygens (including phenoxy) is 1. The van der Waals surface area contributed by atoms with Crippen molar-refractivity contribution in [3.63, 3.8) is 0 Å². The van der Waals surface area contributed by atoms with E-state index in [0.717, 1.165) is 70.1 Å². The van der Waals surface area contributed by atoms with Gasteiger partial charge >= 0.3 is 0 Å². The molecule has 6 rings (SSSR count). The third-order valence-corrected chi connectivity index (χ3v) is 7.73. The number of aromatic nitrogens is 4. The molecule has 1 aliphatic rings. The molecule has 0 radical (unpaired) electrons. The zero-order chi connectivity index (χ0) is 25.2. The van der Waals surface area contributed by atoms with Crippen LogP contribution in [0.1, 0.15) is 16.0 Å². The lowest BCUT2D eigenvalue weighted by molar-refractivity contribution is 0.122. The Bertz CT molecular complexity index is 1580. The van der Waals surface area contributed by atoms with E-state index in [-0.39, 0.29) is 0 Å². The number of nitrogens with zero attached hydrogens (tertiary/aromatic N) is 4. The van der Waals surface area contributed by atoms with E-state index in [9.17, 15) is 0 Å². The Balaban J connectivity index is 1.34. The van der Waals surface area contributed by atoms with Gasteiger partial charge in [-0.3, -0.25) is 5.10 Å². The number of benzene rings is 2. The van der Waals surface area contributed by atoms with Gasteiger partial charge in [-0.05, 0) is 29.3 Å². The summed E-state index contributed by atoms with van der Waals surface area (Å²) >= 11 is 1.78. The number of H-pyrrole nitrogens is 1. The van der Waals surface area contributed by atoms with Gasteiger partial charge in [-0.1, -0.05) is 49.6 Å². The summed E-state index contributed by atoms with van der Waals surface area (Å²) in [5, 5.41) is 11.6. The first-order valence-corrected chi connectivity index (χ1v) is 13.2. The Morgan fingerprint density at radius 1 is 1.11 bits per heavy atom. The molecule has 0 saturated carbocycles. The van der Waals surface area contributed by atoms with Crippen LogP contribution in [0.2, 0.25) is 0 Å². The first-order chi connectivity index (χ1) is 18.2. The van der Waals surface area contributed by atoms with Crippen molar-refractivity contribution in [3.8, 4) is 11.4 Å². The minimum atomic E-state index is 0.706. The lowest BCUT2D eigenvalue weighted by Crippen LogP contribution is -2.36. The van der Waals surface area contributed by atoms with Gasteiger partial charge in [0.2, 0.25) is 0 Å². The van der Waals surface area contributed by atoms with Crippen LogP contribution in [0, 0.1) is 0 Å². The molecule has 5 aromatic rings. The molecule has 0 amide bonds. The second kappa shape index (κ2) is 10.2. The Hall–Kier alpha value is -4.01. The summed E-state index contributed by atoms with van der Waals surface area (Å²) in [6.07, 6.45) is 4.42. The molecule has 1 aliphatic heterocycles. The van der Waals surface area contributed by atoms with Crippen LogP contribution in [0.15, 0.2) is 79.7 Å². The third-order valence-electron chi connectivity index (χ3n) is 6.61. The highest BCUT2D eigenvalue weighted by Gasteiger charge is 2.21. The fourth-order valence-electron chi connectivity index (χ4n) is 4.59. The number of hydrogen-bond acceptors (Lipinski definition) is 7. The van der Waals surface area contributed by atoms with Gasteiger partial charge in [0, 0.05) is 47.6 Å². The molecule has 37 heavy (non-hydrogen) atoms. The summed E-state index contributed by atoms with van der Waals surface area (Å²) in [6, 6.07) is 17.0. The molecule has 3 aromatic heterocycles. The maximum absolute atomic E-state index is 5.62. The largest absolute Gasteiger partial charge is 0.381 e. The Labute approximate surface area is 219 Å². The molecule has 2 aromatic carbocycles. The van der Waals surface area contributed by atoms with Crippen LogP contribution in [0.4, 0.5) is 5.82 Å². The number of nitrogens with one attached hydrogen (secondary N) is 2. The van der Waals surface area contributed by atoms with Gasteiger partial charge in [0.1, 0.15) is 0 Å². The molecule has 0 bridgehead atoms. The van der Waals surface area contributed by atoms with Crippen molar-refractivity contribution >= 4 is 38.3 Å². The number of thiophene rings is 1. The molecule has 0 aliphatic carbocycles. The van der Waals surface area contributed by atoms with E-state index in [4.69, 9.17) is 14.7 Å². The molecule has 0 spiro atoms. The normalized spacial score (nSPS) is 13.8. The van der Waals surface area contributed by atoms with Gasteiger partial charge in [-0.15, -0.1) is 11.3 Å². The SMILES string of the molecule is C=CC(=C)NCc1ccc(Cc2cc3nc(-c4cccc5[nH]ncc45)nc(N4CCOCC4)c3s2)cc1. The van der Waals surface area contributed by atoms with Crippen molar-refractivity contribution in [1.82, 2.24) is 25.5 Å². The highest BCUT2D eigenvalue weighted by atomic mass is 32.1. The van der Waals surface area contributed by atoms with Gasteiger partial charge in [0.15, 0.2) is 11.6 Å². The molecule has 0 unspecified atom stereocenters. The molecule has 1 fully saturated rings. The van der Waals surface area contributed by atoms with E-state index in [2.05, 4.69) is 70.0 Å². The minimum Gasteiger partial charge on any atom is -0.381 e. The fourth-order valence-corrected chi connectivity index (χ4v) is 5.74. The maximum atomic E-state index is 5.62. The van der Waals surface area contributed by atoms with E-state index in [1.165, 1.54) is 16.0 Å². The average Bonchev–Trinajstić information content (AvgIpc) is 3.59. The van der Waals surface area contributed by atoms with Crippen LogP contribution in [0.25, 0.3) is 32.5 Å². The topological polar surface area (TPSA) is 79.0 Å². The maximum Gasteiger partial charge on any atom is 0.162 e. The molecule has 2 N–H and O–H groups in total. The van der Waals surface area contributed by atoms with Crippen LogP contribution in [0.3, 0.4) is 0 Å². The van der Waals surface area contributed by atoms with Crippen LogP contribution in [0.5, 0.6) is 0 Å². The van der Waals surface area contributed by atoms with Gasteiger partial charge < -0.3 is 15.0 Å². The van der Waals surface area contributed by atoms with Crippen molar-refractivity contribution in [2.24, 2.45) is 0 Å². The van der Waals surface area contributed by atoms with E-state index < -0.39 is 0 Å². The first kappa shape index (κ1) is 23.4. The Kier molecular flexibility index (Phi) is 6.42. The number of anilines is 1. The monoisotopic (exact) mass is 508 g/mol. The van der Waals surface area contributed by atoms with Crippen molar-refractivity contribution in [1.29, 1.82) is 0 Å². The van der Waals surface area contributed by atoms with Crippen molar-refractivity contribution in [2.75, 3.05) is 31.2 Å². The van der Waals surface area contributed by atoms with E-state index >= 15 is 0 Å². The Morgan fingerprint density at radius 3 is 2.73 bits per heavy atom. The predicted octanol–water partition coefficient (Wildman–Crippen LogP) is 5.45. The van der Waals surface area contributed by atoms with Crippen LogP contribution >= 0.6 is 11.3 Å². The summed E-state index contributed by atoms with van der Waals surface area (Å²) < 4.78 is 6.75. The zero-order valence-corrected chi connectivity index (χ0v) is 21.4. The first-order valence-electron chi connectivity index (χ1n) is 12.4. The lowest BCUT2D eigenvalue weighted by atomic mass is 10.1. The molecule has 7 nitrogen and oxygen atoms in total.